The Morgan fingerprint density at radius 1 is 1.37 bits per heavy atom. The van der Waals surface area contributed by atoms with Crippen LogP contribution in [0.1, 0.15) is 32.1 Å². The van der Waals surface area contributed by atoms with E-state index >= 15 is 0 Å². The van der Waals surface area contributed by atoms with E-state index in [1.807, 2.05) is 0 Å². The number of hydrogen-bond donors (Lipinski definition) is 2. The minimum absolute atomic E-state index is 0.0129. The number of pyridine rings is 1. The molecule has 1 aromatic heterocycles. The summed E-state index contributed by atoms with van der Waals surface area (Å²) in [5.41, 5.74) is 0.0129. The van der Waals surface area contributed by atoms with Gasteiger partial charge in [0.05, 0.1) is 11.0 Å². The first kappa shape index (κ1) is 14.9. The largest absolute Gasteiger partial charge is 0.481 e. The number of nitrogens with zero attached hydrogens (tertiary/aromatic N) is 2. The van der Waals surface area contributed by atoms with Crippen LogP contribution in [-0.4, -0.2) is 27.5 Å². The Labute approximate surface area is 110 Å². The van der Waals surface area contributed by atoms with Crippen LogP contribution < -0.4 is 5.32 Å². The SMILES string of the molecule is O=C(O)CCCCCCNc1cc([N+](=O)[O-])ccn1. The zero-order chi connectivity index (χ0) is 14.1. The van der Waals surface area contributed by atoms with Crippen molar-refractivity contribution in [2.24, 2.45) is 0 Å². The lowest BCUT2D eigenvalue weighted by Crippen LogP contribution is -2.03. The molecular weight excluding hydrogens is 250 g/mol. The normalized spacial score (nSPS) is 10.1. The number of rotatable bonds is 9. The lowest BCUT2D eigenvalue weighted by atomic mass is 10.1. The summed E-state index contributed by atoms with van der Waals surface area (Å²) in [7, 11) is 0. The van der Waals surface area contributed by atoms with Crippen molar-refractivity contribution in [3.63, 3.8) is 0 Å². The molecule has 7 heteroatoms. The highest BCUT2D eigenvalue weighted by molar-refractivity contribution is 5.66. The zero-order valence-corrected chi connectivity index (χ0v) is 10.5. The summed E-state index contributed by atoms with van der Waals surface area (Å²) < 4.78 is 0. The summed E-state index contributed by atoms with van der Waals surface area (Å²) in [6, 6.07) is 2.74. The van der Waals surface area contributed by atoms with Gasteiger partial charge >= 0.3 is 5.97 Å². The first-order chi connectivity index (χ1) is 9.09. The van der Waals surface area contributed by atoms with Crippen LogP contribution >= 0.6 is 0 Å². The maximum atomic E-state index is 10.6. The highest BCUT2D eigenvalue weighted by atomic mass is 16.6. The molecule has 1 aromatic rings. The number of carboxylic acids is 1. The average Bonchev–Trinajstić information content (AvgIpc) is 2.37. The van der Waals surface area contributed by atoms with Crippen molar-refractivity contribution in [1.29, 1.82) is 0 Å². The van der Waals surface area contributed by atoms with Gasteiger partial charge in [0.15, 0.2) is 0 Å². The van der Waals surface area contributed by atoms with E-state index < -0.39 is 10.9 Å². The van der Waals surface area contributed by atoms with E-state index in [1.165, 1.54) is 18.3 Å². The van der Waals surface area contributed by atoms with Gasteiger partial charge in [-0.05, 0) is 12.8 Å². The van der Waals surface area contributed by atoms with Crippen LogP contribution in [-0.2, 0) is 4.79 Å². The average molecular weight is 267 g/mol. The van der Waals surface area contributed by atoms with Crippen LogP contribution in [0.25, 0.3) is 0 Å². The minimum Gasteiger partial charge on any atom is -0.481 e. The summed E-state index contributed by atoms with van der Waals surface area (Å²) in [6.07, 6.45) is 4.97. The van der Waals surface area contributed by atoms with Crippen LogP contribution in [0.5, 0.6) is 0 Å². The van der Waals surface area contributed by atoms with Crippen LogP contribution in [0.2, 0.25) is 0 Å². The molecule has 1 rings (SSSR count). The van der Waals surface area contributed by atoms with Crippen molar-refractivity contribution in [3.05, 3.63) is 28.4 Å². The Balaban J connectivity index is 2.17. The van der Waals surface area contributed by atoms with Crippen molar-refractivity contribution in [2.75, 3.05) is 11.9 Å². The van der Waals surface area contributed by atoms with Gasteiger partial charge in [-0.2, -0.15) is 0 Å². The van der Waals surface area contributed by atoms with E-state index in [9.17, 15) is 14.9 Å². The molecule has 0 spiro atoms. The molecule has 1 heterocycles. The van der Waals surface area contributed by atoms with Crippen molar-refractivity contribution in [3.8, 4) is 0 Å². The summed E-state index contributed by atoms with van der Waals surface area (Å²) in [5, 5.41) is 22.0. The molecule has 0 saturated heterocycles. The third-order valence-corrected chi connectivity index (χ3v) is 2.58. The summed E-state index contributed by atoms with van der Waals surface area (Å²) in [5.74, 6) is -0.279. The van der Waals surface area contributed by atoms with Crippen LogP contribution in [0, 0.1) is 10.1 Å². The van der Waals surface area contributed by atoms with Crippen molar-refractivity contribution < 1.29 is 14.8 Å². The molecule has 0 aromatic carbocycles. The van der Waals surface area contributed by atoms with Crippen LogP contribution in [0.4, 0.5) is 11.5 Å². The first-order valence-corrected chi connectivity index (χ1v) is 6.15. The topological polar surface area (TPSA) is 105 Å². The second kappa shape index (κ2) is 8.02. The molecule has 0 aliphatic carbocycles. The molecule has 0 atom stereocenters. The number of anilines is 1. The van der Waals surface area contributed by atoms with Crippen LogP contribution in [0.3, 0.4) is 0 Å². The second-order valence-corrected chi connectivity index (χ2v) is 4.14. The molecule has 0 bridgehead atoms. The smallest absolute Gasteiger partial charge is 0.303 e. The molecule has 104 valence electrons. The molecule has 0 amide bonds. The molecule has 2 N–H and O–H groups in total. The summed E-state index contributed by atoms with van der Waals surface area (Å²) >= 11 is 0. The minimum atomic E-state index is -0.765. The van der Waals surface area contributed by atoms with E-state index in [-0.39, 0.29) is 12.1 Å². The van der Waals surface area contributed by atoms with E-state index in [1.54, 1.807) is 0 Å². The fraction of sp³-hybridized carbons (Fsp3) is 0.500. The van der Waals surface area contributed by atoms with E-state index in [4.69, 9.17) is 5.11 Å². The lowest BCUT2D eigenvalue weighted by molar-refractivity contribution is -0.384. The molecule has 7 nitrogen and oxygen atoms in total. The molecule has 0 aliphatic rings. The Bertz CT molecular complexity index is 437. The standard InChI is InChI=1S/C12H17N3O4/c16-12(17)5-3-1-2-4-7-13-11-9-10(15(18)19)6-8-14-11/h6,8-9H,1-5,7H2,(H,13,14)(H,16,17). The van der Waals surface area contributed by atoms with Gasteiger partial charge in [0.2, 0.25) is 0 Å². The van der Waals surface area contributed by atoms with Gasteiger partial charge in [0, 0.05) is 25.2 Å². The highest BCUT2D eigenvalue weighted by Crippen LogP contribution is 2.14. The monoisotopic (exact) mass is 267 g/mol. The van der Waals surface area contributed by atoms with Crippen LogP contribution in [0.15, 0.2) is 18.3 Å². The number of hydrogen-bond acceptors (Lipinski definition) is 5. The van der Waals surface area contributed by atoms with E-state index in [0.717, 1.165) is 19.3 Å². The quantitative estimate of drug-likeness (QED) is 0.404. The Morgan fingerprint density at radius 2 is 2.11 bits per heavy atom. The number of aliphatic carboxylic acids is 1. The Kier molecular flexibility index (Phi) is 6.28. The zero-order valence-electron chi connectivity index (χ0n) is 10.5. The molecule has 19 heavy (non-hydrogen) atoms. The number of aromatic nitrogens is 1. The number of nitrogens with one attached hydrogen (secondary N) is 1. The Hall–Kier alpha value is -2.18. The maximum absolute atomic E-state index is 10.6. The molecule has 0 aliphatic heterocycles. The molecule has 0 fully saturated rings. The number of carbonyl (C=O) groups is 1. The summed E-state index contributed by atoms with van der Waals surface area (Å²) in [6.45, 7) is 0.668. The van der Waals surface area contributed by atoms with Gasteiger partial charge in [-0.1, -0.05) is 12.8 Å². The molecule has 0 unspecified atom stereocenters. The molecule has 0 radical (unpaired) electrons. The van der Waals surface area contributed by atoms with Gasteiger partial charge in [0.25, 0.3) is 5.69 Å². The van der Waals surface area contributed by atoms with Gasteiger partial charge < -0.3 is 10.4 Å². The number of carboxylic acid groups (broad SMARTS) is 1. The third-order valence-electron chi connectivity index (χ3n) is 2.58. The fourth-order valence-electron chi connectivity index (χ4n) is 1.60. The lowest BCUT2D eigenvalue weighted by Gasteiger charge is -2.04. The maximum Gasteiger partial charge on any atom is 0.303 e. The van der Waals surface area contributed by atoms with Gasteiger partial charge in [-0.25, -0.2) is 4.98 Å². The van der Waals surface area contributed by atoms with Gasteiger partial charge in [0.1, 0.15) is 5.82 Å². The van der Waals surface area contributed by atoms with E-state index in [2.05, 4.69) is 10.3 Å². The van der Waals surface area contributed by atoms with Gasteiger partial charge in [-0.3, -0.25) is 14.9 Å². The predicted molar refractivity (Wildman–Crippen MR) is 70.1 cm³/mol. The predicted octanol–water partition coefficient (Wildman–Crippen LogP) is 2.44. The molecular formula is C12H17N3O4. The van der Waals surface area contributed by atoms with Crippen molar-refractivity contribution in [1.82, 2.24) is 4.98 Å². The fourth-order valence-corrected chi connectivity index (χ4v) is 1.60. The summed E-state index contributed by atoms with van der Waals surface area (Å²) in [4.78, 5) is 24.4. The van der Waals surface area contributed by atoms with Gasteiger partial charge in [-0.15, -0.1) is 0 Å². The highest BCUT2D eigenvalue weighted by Gasteiger charge is 2.05. The number of nitro groups is 1. The first-order valence-electron chi connectivity index (χ1n) is 6.15. The van der Waals surface area contributed by atoms with Crippen molar-refractivity contribution >= 4 is 17.5 Å². The van der Waals surface area contributed by atoms with Crippen molar-refractivity contribution in [2.45, 2.75) is 32.1 Å². The van der Waals surface area contributed by atoms with E-state index in [0.29, 0.717) is 18.8 Å². The third kappa shape index (κ3) is 6.35. The second-order valence-electron chi connectivity index (χ2n) is 4.14. The molecule has 0 saturated carbocycles. The Morgan fingerprint density at radius 3 is 2.79 bits per heavy atom. The number of unbranched alkanes of at least 4 members (excludes halogenated alkanes) is 3.